The largest absolute Gasteiger partial charge is 0.367 e. The fraction of sp³-hybridized carbons (Fsp3) is 0.818. The Hall–Kier alpha value is -0.840. The summed E-state index contributed by atoms with van der Waals surface area (Å²) in [5.74, 6) is 2.18. The van der Waals surface area contributed by atoms with Crippen molar-refractivity contribution >= 4 is 22.6 Å². The molecule has 1 heterocycles. The molecule has 4 nitrogen and oxygen atoms in total. The number of nitrogens with two attached hydrogens (primary N) is 1. The number of anilines is 2. The molecule has 0 radical (unpaired) electrons. The van der Waals surface area contributed by atoms with E-state index in [4.69, 9.17) is 5.73 Å². The molecule has 2 rings (SSSR count). The van der Waals surface area contributed by atoms with E-state index in [1.807, 2.05) is 0 Å². The van der Waals surface area contributed by atoms with E-state index >= 15 is 0 Å². The highest BCUT2D eigenvalue weighted by atomic mass is 32.1. The molecule has 1 aliphatic carbocycles. The van der Waals surface area contributed by atoms with Crippen molar-refractivity contribution in [2.45, 2.75) is 39.0 Å². The van der Waals surface area contributed by atoms with E-state index in [0.29, 0.717) is 5.95 Å². The van der Waals surface area contributed by atoms with Gasteiger partial charge in [-0.3, -0.25) is 0 Å². The lowest BCUT2D eigenvalue weighted by Gasteiger charge is -2.26. The molecule has 5 heteroatoms. The van der Waals surface area contributed by atoms with E-state index in [0.717, 1.165) is 23.5 Å². The highest BCUT2D eigenvalue weighted by molar-refractivity contribution is 7.09. The Bertz CT molecular complexity index is 326. The molecule has 0 aliphatic heterocycles. The maximum Gasteiger partial charge on any atom is 0.233 e. The Balaban J connectivity index is 1.67. The second kappa shape index (κ2) is 5.48. The number of nitrogens with one attached hydrogen (secondary N) is 1. The number of hydrogen-bond acceptors (Lipinski definition) is 5. The van der Waals surface area contributed by atoms with E-state index in [-0.39, 0.29) is 0 Å². The van der Waals surface area contributed by atoms with E-state index in [2.05, 4.69) is 21.6 Å². The molecule has 90 valence electrons. The zero-order chi connectivity index (χ0) is 11.4. The summed E-state index contributed by atoms with van der Waals surface area (Å²) in [5, 5.41) is 4.14. The number of nitrogens with zero attached hydrogens (tertiary/aromatic N) is 2. The lowest BCUT2D eigenvalue weighted by atomic mass is 9.81. The van der Waals surface area contributed by atoms with Gasteiger partial charge in [0.15, 0.2) is 0 Å². The second-order valence-corrected chi connectivity index (χ2v) is 5.56. The normalized spacial score (nSPS) is 25.6. The summed E-state index contributed by atoms with van der Waals surface area (Å²) in [6.45, 7) is 3.36. The molecule has 3 N–H and O–H groups in total. The molecular weight excluding hydrogens is 220 g/mol. The molecule has 2 unspecified atom stereocenters. The van der Waals surface area contributed by atoms with Crippen LogP contribution in [0.25, 0.3) is 0 Å². The van der Waals surface area contributed by atoms with Crippen LogP contribution in [0, 0.1) is 11.8 Å². The highest BCUT2D eigenvalue weighted by Gasteiger charge is 2.18. The molecule has 1 aromatic rings. The SMILES string of the molecule is CC1CCCC(CCNc2nc(N)ns2)C1. The number of aromatic nitrogens is 2. The molecule has 0 aromatic carbocycles. The first-order valence-electron chi connectivity index (χ1n) is 6.07. The van der Waals surface area contributed by atoms with Crippen LogP contribution >= 0.6 is 11.5 Å². The third-order valence-corrected chi connectivity index (χ3v) is 4.00. The minimum absolute atomic E-state index is 0.374. The van der Waals surface area contributed by atoms with Crippen LogP contribution in [-0.4, -0.2) is 15.9 Å². The van der Waals surface area contributed by atoms with Crippen molar-refractivity contribution < 1.29 is 0 Å². The maximum absolute atomic E-state index is 5.46. The fourth-order valence-electron chi connectivity index (χ4n) is 2.51. The van der Waals surface area contributed by atoms with Gasteiger partial charge in [-0.05, 0) is 24.7 Å². The Morgan fingerprint density at radius 2 is 2.38 bits per heavy atom. The van der Waals surface area contributed by atoms with Crippen LogP contribution < -0.4 is 11.1 Å². The van der Waals surface area contributed by atoms with Crippen molar-refractivity contribution in [1.82, 2.24) is 9.36 Å². The summed E-state index contributed by atoms with van der Waals surface area (Å²) in [5.41, 5.74) is 5.46. The molecular formula is C11H20N4S. The molecule has 0 amide bonds. The van der Waals surface area contributed by atoms with Gasteiger partial charge in [0.2, 0.25) is 11.1 Å². The molecule has 1 aromatic heterocycles. The van der Waals surface area contributed by atoms with Crippen LogP contribution in [0.2, 0.25) is 0 Å². The quantitative estimate of drug-likeness (QED) is 0.849. The summed E-state index contributed by atoms with van der Waals surface area (Å²) in [6.07, 6.45) is 6.84. The summed E-state index contributed by atoms with van der Waals surface area (Å²) in [6, 6.07) is 0. The Labute approximate surface area is 101 Å². The van der Waals surface area contributed by atoms with Gasteiger partial charge in [0.25, 0.3) is 0 Å². The molecule has 1 aliphatic rings. The topological polar surface area (TPSA) is 63.8 Å². The lowest BCUT2D eigenvalue weighted by Crippen LogP contribution is -2.16. The van der Waals surface area contributed by atoms with Crippen molar-refractivity contribution in [2.75, 3.05) is 17.6 Å². The van der Waals surface area contributed by atoms with Crippen LogP contribution in [0.15, 0.2) is 0 Å². The van der Waals surface area contributed by atoms with Gasteiger partial charge in [-0.1, -0.05) is 26.2 Å². The van der Waals surface area contributed by atoms with Crippen LogP contribution in [0.5, 0.6) is 0 Å². The average Bonchev–Trinajstić information content (AvgIpc) is 2.64. The summed E-state index contributed by atoms with van der Waals surface area (Å²) in [7, 11) is 0. The predicted molar refractivity (Wildman–Crippen MR) is 68.6 cm³/mol. The van der Waals surface area contributed by atoms with Gasteiger partial charge >= 0.3 is 0 Å². The Morgan fingerprint density at radius 3 is 3.06 bits per heavy atom. The van der Waals surface area contributed by atoms with E-state index in [9.17, 15) is 0 Å². The van der Waals surface area contributed by atoms with Gasteiger partial charge in [0.1, 0.15) is 0 Å². The van der Waals surface area contributed by atoms with Crippen LogP contribution in [0.1, 0.15) is 39.0 Å². The van der Waals surface area contributed by atoms with Crippen molar-refractivity contribution in [3.63, 3.8) is 0 Å². The van der Waals surface area contributed by atoms with Crippen molar-refractivity contribution in [3.05, 3.63) is 0 Å². The molecule has 0 spiro atoms. The van der Waals surface area contributed by atoms with E-state index in [1.165, 1.54) is 43.6 Å². The first-order chi connectivity index (χ1) is 7.74. The first kappa shape index (κ1) is 11.6. The van der Waals surface area contributed by atoms with Crippen LogP contribution in [-0.2, 0) is 0 Å². The van der Waals surface area contributed by atoms with Crippen molar-refractivity contribution in [1.29, 1.82) is 0 Å². The minimum atomic E-state index is 0.374. The first-order valence-corrected chi connectivity index (χ1v) is 6.84. The molecule has 1 saturated carbocycles. The van der Waals surface area contributed by atoms with Gasteiger partial charge in [-0.25, -0.2) is 0 Å². The maximum atomic E-state index is 5.46. The summed E-state index contributed by atoms with van der Waals surface area (Å²) < 4.78 is 3.94. The lowest BCUT2D eigenvalue weighted by molar-refractivity contribution is 0.274. The van der Waals surface area contributed by atoms with Gasteiger partial charge < -0.3 is 11.1 Å². The smallest absolute Gasteiger partial charge is 0.233 e. The van der Waals surface area contributed by atoms with Crippen LogP contribution in [0.3, 0.4) is 0 Å². The van der Waals surface area contributed by atoms with Gasteiger partial charge in [-0.15, -0.1) is 0 Å². The number of rotatable bonds is 4. The molecule has 16 heavy (non-hydrogen) atoms. The van der Waals surface area contributed by atoms with Crippen molar-refractivity contribution in [3.8, 4) is 0 Å². The zero-order valence-electron chi connectivity index (χ0n) is 9.78. The number of nitrogen functional groups attached to an aromatic ring is 1. The van der Waals surface area contributed by atoms with Gasteiger partial charge in [0, 0.05) is 18.1 Å². The molecule has 0 saturated heterocycles. The summed E-state index contributed by atoms with van der Waals surface area (Å²) in [4.78, 5) is 4.08. The summed E-state index contributed by atoms with van der Waals surface area (Å²) >= 11 is 1.34. The Morgan fingerprint density at radius 1 is 1.50 bits per heavy atom. The van der Waals surface area contributed by atoms with E-state index in [1.54, 1.807) is 0 Å². The number of hydrogen-bond donors (Lipinski definition) is 2. The zero-order valence-corrected chi connectivity index (χ0v) is 10.6. The van der Waals surface area contributed by atoms with Gasteiger partial charge in [-0.2, -0.15) is 9.36 Å². The standard InChI is InChI=1S/C11H20N4S/c1-8-3-2-4-9(7-8)5-6-13-11-14-10(12)15-16-11/h8-9H,2-7H2,1H3,(H3,12,13,14,15). The monoisotopic (exact) mass is 240 g/mol. The second-order valence-electron chi connectivity index (χ2n) is 4.81. The van der Waals surface area contributed by atoms with Crippen molar-refractivity contribution in [2.24, 2.45) is 11.8 Å². The highest BCUT2D eigenvalue weighted by Crippen LogP contribution is 2.30. The average molecular weight is 240 g/mol. The third kappa shape index (κ3) is 3.33. The molecule has 0 bridgehead atoms. The minimum Gasteiger partial charge on any atom is -0.367 e. The van der Waals surface area contributed by atoms with Crippen LogP contribution in [0.4, 0.5) is 11.1 Å². The molecule has 2 atom stereocenters. The Kier molecular flexibility index (Phi) is 3.98. The molecule has 1 fully saturated rings. The predicted octanol–water partition coefficient (Wildman–Crippen LogP) is 2.75. The fourth-order valence-corrected chi connectivity index (χ4v) is 3.03. The van der Waals surface area contributed by atoms with E-state index < -0.39 is 0 Å². The third-order valence-electron chi connectivity index (χ3n) is 3.32. The van der Waals surface area contributed by atoms with Gasteiger partial charge in [0.05, 0.1) is 0 Å².